The summed E-state index contributed by atoms with van der Waals surface area (Å²) in [6.07, 6.45) is 9.44. The van der Waals surface area contributed by atoms with Crippen LogP contribution in [-0.2, 0) is 4.79 Å². The van der Waals surface area contributed by atoms with Crippen LogP contribution in [0.3, 0.4) is 0 Å². The van der Waals surface area contributed by atoms with Crippen LogP contribution in [0.2, 0.25) is 0 Å². The lowest BCUT2D eigenvalue weighted by Gasteiger charge is -2.70. The van der Waals surface area contributed by atoms with E-state index < -0.39 is 12.2 Å². The summed E-state index contributed by atoms with van der Waals surface area (Å²) >= 11 is 0. The van der Waals surface area contributed by atoms with Crippen LogP contribution in [0.25, 0.3) is 0 Å². The normalized spacial score (nSPS) is 50.4. The maximum Gasteiger partial charge on any atom is 0.220 e. The Kier molecular flexibility index (Phi) is 4.48. The largest absolute Gasteiger partial charge is 0.504 e. The van der Waals surface area contributed by atoms with Crippen LogP contribution in [0.5, 0.6) is 0 Å². The number of rotatable bonds is 0. The van der Waals surface area contributed by atoms with E-state index in [2.05, 4.69) is 46.8 Å². The SMILES string of the molecule is CC1=C(O)C(=O)C=C2C1=CC=C1[C@@]2(C)CC[C@@]2(C)[C@@H]3C[C@H](C)[C@H](O)[C@@H](O)[C@]3(C)CC[C@]12C. The van der Waals surface area contributed by atoms with E-state index >= 15 is 0 Å². The van der Waals surface area contributed by atoms with Gasteiger partial charge >= 0.3 is 0 Å². The predicted octanol–water partition coefficient (Wildman–Crippen LogP) is 5.18. The third-order valence-corrected chi connectivity index (χ3v) is 11.1. The zero-order valence-electron chi connectivity index (χ0n) is 20.3. The minimum atomic E-state index is -0.688. The summed E-state index contributed by atoms with van der Waals surface area (Å²) in [5.41, 5.74) is 3.54. The first-order valence-corrected chi connectivity index (χ1v) is 12.3. The number of carbonyl (C=O) groups excluding carboxylic acids is 1. The van der Waals surface area contributed by atoms with Crippen molar-refractivity contribution in [2.75, 3.05) is 0 Å². The molecule has 0 aromatic heterocycles. The molecule has 0 aliphatic heterocycles. The molecule has 0 amide bonds. The molecule has 32 heavy (non-hydrogen) atoms. The zero-order valence-corrected chi connectivity index (χ0v) is 20.3. The highest BCUT2D eigenvalue weighted by atomic mass is 16.3. The van der Waals surface area contributed by atoms with E-state index in [1.807, 2.05) is 6.92 Å². The smallest absolute Gasteiger partial charge is 0.220 e. The fraction of sp³-hybridized carbons (Fsp3) is 0.679. The number of aliphatic hydroxyl groups is 3. The van der Waals surface area contributed by atoms with Crippen molar-refractivity contribution in [1.82, 2.24) is 0 Å². The van der Waals surface area contributed by atoms with E-state index in [9.17, 15) is 20.1 Å². The Bertz CT molecular complexity index is 1030. The third-order valence-electron chi connectivity index (χ3n) is 11.1. The minimum Gasteiger partial charge on any atom is -0.504 e. The molecule has 3 saturated carbocycles. The lowest BCUT2D eigenvalue weighted by molar-refractivity contribution is -0.221. The molecule has 0 saturated heterocycles. The van der Waals surface area contributed by atoms with Crippen molar-refractivity contribution < 1.29 is 20.1 Å². The molecule has 3 N–H and O–H groups in total. The molecule has 0 unspecified atom stereocenters. The first kappa shape index (κ1) is 22.2. The van der Waals surface area contributed by atoms with Crippen LogP contribution in [0, 0.1) is 33.5 Å². The van der Waals surface area contributed by atoms with Crippen LogP contribution < -0.4 is 0 Å². The number of hydrogen-bond donors (Lipinski definition) is 3. The number of hydrogen-bond acceptors (Lipinski definition) is 4. The number of allylic oxidation sites excluding steroid dienone is 7. The van der Waals surface area contributed by atoms with Gasteiger partial charge < -0.3 is 15.3 Å². The van der Waals surface area contributed by atoms with Gasteiger partial charge in [-0.05, 0) is 84.3 Å². The van der Waals surface area contributed by atoms with Gasteiger partial charge in [-0.3, -0.25) is 4.79 Å². The molecule has 8 atom stereocenters. The molecule has 5 aliphatic carbocycles. The number of fused-ring (bicyclic) bond motifs is 7. The minimum absolute atomic E-state index is 0.00166. The Morgan fingerprint density at radius 1 is 1.00 bits per heavy atom. The quantitative estimate of drug-likeness (QED) is 0.487. The molecule has 0 radical (unpaired) electrons. The van der Waals surface area contributed by atoms with Gasteiger partial charge in [0.2, 0.25) is 5.78 Å². The van der Waals surface area contributed by atoms with Crippen LogP contribution >= 0.6 is 0 Å². The highest BCUT2D eigenvalue weighted by Gasteiger charge is 2.68. The fourth-order valence-corrected chi connectivity index (χ4v) is 8.61. The van der Waals surface area contributed by atoms with E-state index in [1.54, 1.807) is 6.08 Å². The number of ketones is 1. The molecular formula is C28H38O4. The van der Waals surface area contributed by atoms with Gasteiger partial charge in [0.05, 0.1) is 12.2 Å². The van der Waals surface area contributed by atoms with Crippen molar-refractivity contribution in [2.24, 2.45) is 33.5 Å². The van der Waals surface area contributed by atoms with Crippen molar-refractivity contribution in [3.63, 3.8) is 0 Å². The highest BCUT2D eigenvalue weighted by Crippen LogP contribution is 2.74. The summed E-state index contributed by atoms with van der Waals surface area (Å²) in [6, 6.07) is 0. The van der Waals surface area contributed by atoms with Gasteiger partial charge in [0.25, 0.3) is 0 Å². The average Bonchev–Trinajstić information content (AvgIpc) is 2.75. The number of aliphatic hydroxyl groups excluding tert-OH is 3. The fourth-order valence-electron chi connectivity index (χ4n) is 8.61. The van der Waals surface area contributed by atoms with Crippen LogP contribution in [0.15, 0.2) is 46.3 Å². The standard InChI is InChI=1S/C28H38O4/c1-15-13-21-26(4,24(32)22(15)30)10-12-27(5)20-8-7-17-16(2)23(31)19(29)14-18(17)25(20,3)9-11-28(21,27)6/h7-8,14-15,21-22,24,30-32H,9-13H2,1-6H3/t15-,21+,22-,24+,25-,26+,27+,28-/m0/s1. The maximum atomic E-state index is 12.6. The van der Waals surface area contributed by atoms with Gasteiger partial charge in [-0.2, -0.15) is 0 Å². The topological polar surface area (TPSA) is 77.8 Å². The second-order valence-corrected chi connectivity index (χ2v) is 12.3. The predicted molar refractivity (Wildman–Crippen MR) is 125 cm³/mol. The van der Waals surface area contributed by atoms with Crippen molar-refractivity contribution in [1.29, 1.82) is 0 Å². The molecule has 4 heteroatoms. The van der Waals surface area contributed by atoms with Gasteiger partial charge in [-0.25, -0.2) is 0 Å². The van der Waals surface area contributed by atoms with Gasteiger partial charge in [0.1, 0.15) is 0 Å². The van der Waals surface area contributed by atoms with Crippen molar-refractivity contribution in [3.8, 4) is 0 Å². The van der Waals surface area contributed by atoms with Gasteiger partial charge in [0.15, 0.2) is 5.76 Å². The zero-order chi connectivity index (χ0) is 23.4. The molecule has 5 rings (SSSR count). The second-order valence-electron chi connectivity index (χ2n) is 12.3. The van der Waals surface area contributed by atoms with Crippen LogP contribution in [0.1, 0.15) is 73.6 Å². The highest BCUT2D eigenvalue weighted by molar-refractivity contribution is 6.06. The van der Waals surface area contributed by atoms with Gasteiger partial charge in [0, 0.05) is 11.0 Å². The molecule has 0 aromatic carbocycles. The van der Waals surface area contributed by atoms with E-state index in [0.29, 0.717) is 11.5 Å². The summed E-state index contributed by atoms with van der Waals surface area (Å²) in [7, 11) is 0. The Morgan fingerprint density at radius 2 is 1.69 bits per heavy atom. The van der Waals surface area contributed by atoms with E-state index in [1.165, 1.54) is 5.57 Å². The van der Waals surface area contributed by atoms with Crippen molar-refractivity contribution in [2.45, 2.75) is 85.9 Å². The summed E-state index contributed by atoms with van der Waals surface area (Å²) in [5, 5.41) is 32.1. The molecule has 0 aromatic rings. The molecule has 174 valence electrons. The summed E-state index contributed by atoms with van der Waals surface area (Å²) in [4.78, 5) is 12.6. The van der Waals surface area contributed by atoms with Crippen molar-refractivity contribution >= 4 is 5.78 Å². The molecule has 0 heterocycles. The van der Waals surface area contributed by atoms with E-state index in [4.69, 9.17) is 0 Å². The third kappa shape index (κ3) is 2.38. The number of carbonyl (C=O) groups is 1. The average molecular weight is 439 g/mol. The van der Waals surface area contributed by atoms with E-state index in [0.717, 1.165) is 43.3 Å². The van der Waals surface area contributed by atoms with E-state index in [-0.39, 0.29) is 39.1 Å². The Balaban J connectivity index is 1.65. The summed E-state index contributed by atoms with van der Waals surface area (Å²) in [5.74, 6) is -0.0167. The molecular weight excluding hydrogens is 400 g/mol. The molecule has 4 nitrogen and oxygen atoms in total. The molecule has 3 fully saturated rings. The first-order chi connectivity index (χ1) is 14.8. The van der Waals surface area contributed by atoms with Crippen LogP contribution in [-0.4, -0.2) is 33.3 Å². The summed E-state index contributed by atoms with van der Waals surface area (Å²) in [6.45, 7) is 13.2. The summed E-state index contributed by atoms with van der Waals surface area (Å²) < 4.78 is 0. The molecule has 0 spiro atoms. The monoisotopic (exact) mass is 438 g/mol. The first-order valence-electron chi connectivity index (χ1n) is 12.3. The molecule has 5 aliphatic rings. The van der Waals surface area contributed by atoms with Gasteiger partial charge in [-0.1, -0.05) is 52.3 Å². The Labute approximate surface area is 191 Å². The lowest BCUT2D eigenvalue weighted by atomic mass is 9.34. The molecule has 0 bridgehead atoms. The van der Waals surface area contributed by atoms with Crippen molar-refractivity contribution in [3.05, 3.63) is 46.3 Å². The second kappa shape index (κ2) is 6.48. The maximum absolute atomic E-state index is 12.6. The Hall–Kier alpha value is -1.65. The van der Waals surface area contributed by atoms with Crippen LogP contribution in [0.4, 0.5) is 0 Å². The van der Waals surface area contributed by atoms with Gasteiger partial charge in [-0.15, -0.1) is 0 Å². The Morgan fingerprint density at radius 3 is 2.38 bits per heavy atom. The lowest BCUT2D eigenvalue weighted by Crippen LogP contribution is -2.66.